The van der Waals surface area contributed by atoms with E-state index in [2.05, 4.69) is 4.90 Å². The number of ether oxygens (including phenoxy) is 1. The number of halogens is 1. The molecular weight excluding hydrogens is 520 g/mol. The Morgan fingerprint density at radius 1 is 1.05 bits per heavy atom. The maximum Gasteiger partial charge on any atom is 0.414 e. The molecule has 0 bridgehead atoms. The Labute approximate surface area is 234 Å². The highest BCUT2D eigenvalue weighted by Gasteiger charge is 2.42. The SMILES string of the molecule is CC(=O)N1CCC(OC(=O)N(CCCN2CC3CN(C(=O)c4ccco4)CC3C2)c2ccc(C)c(Cl)c2)CC1. The molecule has 0 aliphatic carbocycles. The summed E-state index contributed by atoms with van der Waals surface area (Å²) in [6.45, 7) is 9.48. The molecule has 4 heterocycles. The zero-order chi connectivity index (χ0) is 27.5. The Morgan fingerprint density at radius 2 is 1.77 bits per heavy atom. The fourth-order valence-electron chi connectivity index (χ4n) is 6.02. The smallest absolute Gasteiger partial charge is 0.414 e. The average molecular weight is 557 g/mol. The first kappa shape index (κ1) is 27.5. The molecule has 2 aromatic rings. The normalized spacial score (nSPS) is 21.7. The van der Waals surface area contributed by atoms with Crippen LogP contribution < -0.4 is 4.90 Å². The highest BCUT2D eigenvalue weighted by atomic mass is 35.5. The minimum atomic E-state index is -0.374. The monoisotopic (exact) mass is 556 g/mol. The van der Waals surface area contributed by atoms with Crippen molar-refractivity contribution in [1.29, 1.82) is 0 Å². The minimum Gasteiger partial charge on any atom is -0.459 e. The number of rotatable bonds is 7. The van der Waals surface area contributed by atoms with Crippen molar-refractivity contribution in [2.75, 3.05) is 57.3 Å². The average Bonchev–Trinajstić information content (AvgIpc) is 3.66. The van der Waals surface area contributed by atoms with Crippen LogP contribution in [-0.2, 0) is 9.53 Å². The molecule has 10 heteroatoms. The van der Waals surface area contributed by atoms with Gasteiger partial charge in [-0.25, -0.2) is 4.79 Å². The van der Waals surface area contributed by atoms with E-state index in [4.69, 9.17) is 20.8 Å². The number of carbonyl (C=O) groups excluding carboxylic acids is 3. The fraction of sp³-hybridized carbons (Fsp3) is 0.552. The summed E-state index contributed by atoms with van der Waals surface area (Å²) >= 11 is 6.40. The number of likely N-dealkylation sites (tertiary alicyclic amines) is 3. The second-order valence-corrected chi connectivity index (χ2v) is 11.4. The minimum absolute atomic E-state index is 0.0289. The fourth-order valence-corrected chi connectivity index (χ4v) is 6.19. The van der Waals surface area contributed by atoms with E-state index in [0.29, 0.717) is 55.1 Å². The van der Waals surface area contributed by atoms with Gasteiger partial charge in [0.2, 0.25) is 5.91 Å². The summed E-state index contributed by atoms with van der Waals surface area (Å²) in [4.78, 5) is 45.4. The first-order valence-electron chi connectivity index (χ1n) is 13.8. The summed E-state index contributed by atoms with van der Waals surface area (Å²) in [5.74, 6) is 1.35. The van der Waals surface area contributed by atoms with E-state index in [1.807, 2.05) is 30.0 Å². The lowest BCUT2D eigenvalue weighted by Crippen LogP contribution is -2.43. The summed E-state index contributed by atoms with van der Waals surface area (Å²) in [5.41, 5.74) is 1.68. The first-order valence-corrected chi connectivity index (χ1v) is 14.2. The van der Waals surface area contributed by atoms with Gasteiger partial charge in [0, 0.05) is 76.3 Å². The van der Waals surface area contributed by atoms with Crippen molar-refractivity contribution in [3.05, 3.63) is 52.9 Å². The van der Waals surface area contributed by atoms with Gasteiger partial charge < -0.3 is 23.9 Å². The number of fused-ring (bicyclic) bond motifs is 1. The topological polar surface area (TPSA) is 86.5 Å². The number of nitrogens with zero attached hydrogens (tertiary/aromatic N) is 4. The summed E-state index contributed by atoms with van der Waals surface area (Å²) < 4.78 is 11.2. The van der Waals surface area contributed by atoms with E-state index >= 15 is 0 Å². The Morgan fingerprint density at radius 3 is 2.38 bits per heavy atom. The largest absolute Gasteiger partial charge is 0.459 e. The van der Waals surface area contributed by atoms with Crippen molar-refractivity contribution >= 4 is 35.2 Å². The van der Waals surface area contributed by atoms with Crippen molar-refractivity contribution in [2.45, 2.75) is 39.2 Å². The van der Waals surface area contributed by atoms with Crippen LogP contribution in [0.4, 0.5) is 10.5 Å². The number of aryl methyl sites for hydroxylation is 1. The molecule has 1 aromatic heterocycles. The molecule has 210 valence electrons. The Balaban J connectivity index is 1.14. The van der Waals surface area contributed by atoms with Gasteiger partial charge in [0.15, 0.2) is 5.76 Å². The van der Waals surface area contributed by atoms with Crippen LogP contribution in [0.25, 0.3) is 0 Å². The van der Waals surface area contributed by atoms with Crippen LogP contribution in [0.3, 0.4) is 0 Å². The molecule has 2 atom stereocenters. The van der Waals surface area contributed by atoms with Crippen molar-refractivity contribution in [3.8, 4) is 0 Å². The molecule has 3 saturated heterocycles. The molecule has 5 rings (SSSR count). The van der Waals surface area contributed by atoms with Crippen LogP contribution in [0.15, 0.2) is 41.0 Å². The maximum absolute atomic E-state index is 13.3. The summed E-state index contributed by atoms with van der Waals surface area (Å²) in [6.07, 6.45) is 3.03. The second kappa shape index (κ2) is 12.0. The third-order valence-corrected chi connectivity index (χ3v) is 8.69. The highest BCUT2D eigenvalue weighted by Crippen LogP contribution is 2.32. The third-order valence-electron chi connectivity index (χ3n) is 8.28. The molecule has 39 heavy (non-hydrogen) atoms. The van der Waals surface area contributed by atoms with E-state index in [9.17, 15) is 14.4 Å². The van der Waals surface area contributed by atoms with Crippen LogP contribution >= 0.6 is 11.6 Å². The summed E-state index contributed by atoms with van der Waals surface area (Å²) in [5, 5.41) is 0.612. The molecule has 1 aromatic carbocycles. The highest BCUT2D eigenvalue weighted by molar-refractivity contribution is 6.31. The number of carbonyl (C=O) groups is 3. The molecule has 0 N–H and O–H groups in total. The number of furan rings is 1. The molecule has 3 amide bonds. The molecule has 3 fully saturated rings. The van der Waals surface area contributed by atoms with E-state index in [1.165, 1.54) is 6.26 Å². The van der Waals surface area contributed by atoms with Crippen molar-refractivity contribution in [2.24, 2.45) is 11.8 Å². The Kier molecular flexibility index (Phi) is 8.47. The number of hydrogen-bond donors (Lipinski definition) is 0. The van der Waals surface area contributed by atoms with Gasteiger partial charge in [-0.1, -0.05) is 17.7 Å². The molecule has 9 nitrogen and oxygen atoms in total. The summed E-state index contributed by atoms with van der Waals surface area (Å²) in [6, 6.07) is 9.11. The van der Waals surface area contributed by atoms with Gasteiger partial charge in [0.05, 0.1) is 6.26 Å². The predicted octanol–water partition coefficient (Wildman–Crippen LogP) is 4.29. The van der Waals surface area contributed by atoms with E-state index in [-0.39, 0.29) is 24.0 Å². The van der Waals surface area contributed by atoms with Gasteiger partial charge in [-0.3, -0.25) is 14.5 Å². The van der Waals surface area contributed by atoms with Gasteiger partial charge in [-0.15, -0.1) is 0 Å². The van der Waals surface area contributed by atoms with Crippen molar-refractivity contribution in [3.63, 3.8) is 0 Å². The second-order valence-electron chi connectivity index (χ2n) is 11.0. The van der Waals surface area contributed by atoms with Crippen LogP contribution in [0.2, 0.25) is 5.02 Å². The zero-order valence-corrected chi connectivity index (χ0v) is 23.4. The van der Waals surface area contributed by atoms with Gasteiger partial charge in [-0.05, 0) is 61.6 Å². The van der Waals surface area contributed by atoms with Gasteiger partial charge >= 0.3 is 6.09 Å². The molecule has 3 aliphatic heterocycles. The van der Waals surface area contributed by atoms with E-state index in [1.54, 1.807) is 28.9 Å². The van der Waals surface area contributed by atoms with Gasteiger partial charge in [0.25, 0.3) is 5.91 Å². The van der Waals surface area contributed by atoms with Crippen LogP contribution in [0.1, 0.15) is 42.3 Å². The summed E-state index contributed by atoms with van der Waals surface area (Å²) in [7, 11) is 0. The molecular formula is C29H37ClN4O5. The van der Waals surface area contributed by atoms with Crippen LogP contribution in [0.5, 0.6) is 0 Å². The number of anilines is 1. The molecule has 2 unspecified atom stereocenters. The predicted molar refractivity (Wildman–Crippen MR) is 148 cm³/mol. The number of hydrogen-bond acceptors (Lipinski definition) is 6. The van der Waals surface area contributed by atoms with E-state index < -0.39 is 0 Å². The van der Waals surface area contributed by atoms with Gasteiger partial charge in [-0.2, -0.15) is 0 Å². The molecule has 3 aliphatic rings. The third kappa shape index (κ3) is 6.41. The molecule has 0 radical (unpaired) electrons. The van der Waals surface area contributed by atoms with Gasteiger partial charge in [0.1, 0.15) is 6.10 Å². The van der Waals surface area contributed by atoms with Crippen molar-refractivity contribution in [1.82, 2.24) is 14.7 Å². The van der Waals surface area contributed by atoms with Crippen LogP contribution in [-0.4, -0.2) is 91.1 Å². The zero-order valence-electron chi connectivity index (χ0n) is 22.7. The number of amides is 3. The van der Waals surface area contributed by atoms with Crippen molar-refractivity contribution < 1.29 is 23.5 Å². The standard InChI is InChI=1S/C29H37ClN4O5/c1-20-6-7-24(15-26(20)30)34(29(37)39-25-8-12-32(13-9-25)21(2)35)11-4-10-31-16-22-18-33(19-23(22)17-31)28(36)27-5-3-14-38-27/h3,5-7,14-15,22-23,25H,4,8-13,16-19H2,1-2H3. The maximum atomic E-state index is 13.3. The number of piperidine rings is 1. The first-order chi connectivity index (χ1) is 18.8. The van der Waals surface area contributed by atoms with E-state index in [0.717, 1.165) is 50.4 Å². The molecule has 0 spiro atoms. The van der Waals surface area contributed by atoms with Crippen LogP contribution in [0, 0.1) is 18.8 Å². The lowest BCUT2D eigenvalue weighted by Gasteiger charge is -2.32. The quantitative estimate of drug-likeness (QED) is 0.506. The Bertz CT molecular complexity index is 1170. The molecule has 0 saturated carbocycles. The Hall–Kier alpha value is -3.04. The number of benzene rings is 1. The lowest BCUT2D eigenvalue weighted by atomic mass is 10.0. The lowest BCUT2D eigenvalue weighted by molar-refractivity contribution is -0.130.